The molecule has 1 atom stereocenters. The summed E-state index contributed by atoms with van der Waals surface area (Å²) in [5.41, 5.74) is 0. The van der Waals surface area contributed by atoms with E-state index >= 15 is 0 Å². The Kier molecular flexibility index (Phi) is 4.61. The second kappa shape index (κ2) is 4.81. The van der Waals surface area contributed by atoms with Crippen molar-refractivity contribution in [1.29, 1.82) is 0 Å². The molecular formula is C6H12O2. The molecule has 0 bridgehead atoms. The van der Waals surface area contributed by atoms with Crippen LogP contribution in [0.4, 0.5) is 0 Å². The van der Waals surface area contributed by atoms with E-state index in [-0.39, 0.29) is 0 Å². The second-order valence-electron chi connectivity index (χ2n) is 1.50. The van der Waals surface area contributed by atoms with Crippen molar-refractivity contribution in [3.63, 3.8) is 0 Å². The number of rotatable bonds is 4. The van der Waals surface area contributed by atoms with Crippen LogP contribution in [0.2, 0.25) is 0 Å². The Morgan fingerprint density at radius 2 is 2.50 bits per heavy atom. The fraction of sp³-hybridized carbons (Fsp3) is 0.667. The van der Waals surface area contributed by atoms with Crippen molar-refractivity contribution in [2.75, 3.05) is 6.61 Å². The topological polar surface area (TPSA) is 29.5 Å². The zero-order chi connectivity index (χ0) is 6.41. The minimum atomic E-state index is -0.782. The van der Waals surface area contributed by atoms with Crippen LogP contribution in [0.1, 0.15) is 13.3 Å². The minimum Gasteiger partial charge on any atom is -0.365 e. The quantitative estimate of drug-likeness (QED) is 0.437. The maximum atomic E-state index is 8.65. The Hall–Kier alpha value is -0.340. The van der Waals surface area contributed by atoms with Gasteiger partial charge in [-0.3, -0.25) is 0 Å². The fourth-order valence-corrected chi connectivity index (χ4v) is 0.307. The summed E-state index contributed by atoms with van der Waals surface area (Å²) < 4.78 is 4.78. The first-order valence-corrected chi connectivity index (χ1v) is 2.73. The molecule has 1 N–H and O–H groups in total. The number of hydrogen-bond donors (Lipinski definition) is 1. The molecule has 0 aromatic carbocycles. The van der Waals surface area contributed by atoms with E-state index in [0.29, 0.717) is 6.61 Å². The Balaban J connectivity index is 2.98. The number of hydrogen-bond acceptors (Lipinski definition) is 2. The van der Waals surface area contributed by atoms with E-state index in [9.17, 15) is 0 Å². The monoisotopic (exact) mass is 116 g/mol. The van der Waals surface area contributed by atoms with Gasteiger partial charge in [-0.05, 0) is 12.5 Å². The Morgan fingerprint density at radius 3 is 2.88 bits per heavy atom. The summed E-state index contributed by atoms with van der Waals surface area (Å²) >= 11 is 0. The van der Waals surface area contributed by atoms with Crippen molar-refractivity contribution >= 4 is 0 Å². The lowest BCUT2D eigenvalue weighted by molar-refractivity contribution is -0.0634. The molecule has 0 aromatic rings. The molecule has 0 amide bonds. The number of ether oxygens (including phenoxy) is 1. The van der Waals surface area contributed by atoms with E-state index in [1.54, 1.807) is 0 Å². The maximum absolute atomic E-state index is 8.65. The van der Waals surface area contributed by atoms with Gasteiger partial charge in [-0.2, -0.15) is 0 Å². The zero-order valence-electron chi connectivity index (χ0n) is 5.13. The highest BCUT2D eigenvalue weighted by Gasteiger charge is 1.92. The molecule has 0 heterocycles. The average Bonchev–Trinajstić information content (AvgIpc) is 1.83. The third kappa shape index (κ3) is 3.84. The van der Waals surface area contributed by atoms with E-state index < -0.39 is 6.29 Å². The highest BCUT2D eigenvalue weighted by molar-refractivity contribution is 4.69. The summed E-state index contributed by atoms with van der Waals surface area (Å²) in [5, 5.41) is 8.65. The highest BCUT2D eigenvalue weighted by Crippen LogP contribution is 1.87. The molecule has 48 valence electrons. The first kappa shape index (κ1) is 7.66. The van der Waals surface area contributed by atoms with Crippen LogP contribution in [0.15, 0.2) is 12.7 Å². The molecule has 0 saturated carbocycles. The van der Waals surface area contributed by atoms with Crippen molar-refractivity contribution in [3.8, 4) is 0 Å². The first-order chi connectivity index (χ1) is 3.81. The largest absolute Gasteiger partial charge is 0.365 e. The van der Waals surface area contributed by atoms with Crippen molar-refractivity contribution in [2.45, 2.75) is 19.6 Å². The Bertz CT molecular complexity index is 61.5. The minimum absolute atomic E-state index is 0.590. The third-order valence-corrected chi connectivity index (χ3v) is 0.694. The maximum Gasteiger partial charge on any atom is 0.173 e. The van der Waals surface area contributed by atoms with Gasteiger partial charge in [-0.15, -0.1) is 0 Å². The molecular weight excluding hydrogens is 104 g/mol. The number of aliphatic hydroxyl groups is 1. The molecule has 0 aliphatic carbocycles. The molecule has 2 heteroatoms. The molecule has 0 radical (unpaired) electrons. The SMILES string of the molecule is C=CC(O)OCCC. The molecule has 0 spiro atoms. The van der Waals surface area contributed by atoms with Crippen molar-refractivity contribution < 1.29 is 9.84 Å². The van der Waals surface area contributed by atoms with E-state index in [2.05, 4.69) is 6.58 Å². The van der Waals surface area contributed by atoms with Gasteiger partial charge in [0.1, 0.15) is 0 Å². The Morgan fingerprint density at radius 1 is 1.88 bits per heavy atom. The summed E-state index contributed by atoms with van der Waals surface area (Å²) in [6.07, 6.45) is 1.50. The van der Waals surface area contributed by atoms with Gasteiger partial charge in [0.25, 0.3) is 0 Å². The fourth-order valence-electron chi connectivity index (χ4n) is 0.307. The van der Waals surface area contributed by atoms with Crippen LogP contribution in [0.5, 0.6) is 0 Å². The summed E-state index contributed by atoms with van der Waals surface area (Å²) in [5.74, 6) is 0. The molecule has 0 aromatic heterocycles. The van der Waals surface area contributed by atoms with Gasteiger partial charge in [0, 0.05) is 6.61 Å². The lowest BCUT2D eigenvalue weighted by Crippen LogP contribution is -2.07. The van der Waals surface area contributed by atoms with Crippen molar-refractivity contribution in [3.05, 3.63) is 12.7 Å². The van der Waals surface area contributed by atoms with Crippen molar-refractivity contribution in [1.82, 2.24) is 0 Å². The van der Waals surface area contributed by atoms with E-state index in [1.165, 1.54) is 6.08 Å². The third-order valence-electron chi connectivity index (χ3n) is 0.694. The lowest BCUT2D eigenvalue weighted by Gasteiger charge is -2.03. The standard InChI is InChI=1S/C6H12O2/c1-3-5-8-6(7)4-2/h4,6-7H,2-3,5H2,1H3. The van der Waals surface area contributed by atoms with Crippen LogP contribution < -0.4 is 0 Å². The van der Waals surface area contributed by atoms with Gasteiger partial charge in [-0.1, -0.05) is 13.5 Å². The predicted molar refractivity (Wildman–Crippen MR) is 32.4 cm³/mol. The van der Waals surface area contributed by atoms with Crippen molar-refractivity contribution in [2.24, 2.45) is 0 Å². The number of aliphatic hydroxyl groups excluding tert-OH is 1. The van der Waals surface area contributed by atoms with Gasteiger partial charge in [0.2, 0.25) is 0 Å². The first-order valence-electron chi connectivity index (χ1n) is 2.73. The average molecular weight is 116 g/mol. The zero-order valence-corrected chi connectivity index (χ0v) is 5.13. The van der Waals surface area contributed by atoms with Gasteiger partial charge >= 0.3 is 0 Å². The molecule has 0 aliphatic rings. The van der Waals surface area contributed by atoms with E-state index in [0.717, 1.165) is 6.42 Å². The van der Waals surface area contributed by atoms with Crippen LogP contribution >= 0.6 is 0 Å². The summed E-state index contributed by atoms with van der Waals surface area (Å²) in [6.45, 7) is 5.91. The van der Waals surface area contributed by atoms with Crippen LogP contribution in [0, 0.1) is 0 Å². The molecule has 1 unspecified atom stereocenters. The highest BCUT2D eigenvalue weighted by atomic mass is 16.6. The predicted octanol–water partition coefficient (Wildman–Crippen LogP) is 0.917. The van der Waals surface area contributed by atoms with Gasteiger partial charge in [-0.25, -0.2) is 0 Å². The lowest BCUT2D eigenvalue weighted by atomic mass is 10.5. The Labute approximate surface area is 49.8 Å². The molecule has 0 aliphatic heterocycles. The van der Waals surface area contributed by atoms with Crippen LogP contribution in [0.25, 0.3) is 0 Å². The van der Waals surface area contributed by atoms with Gasteiger partial charge in [0.15, 0.2) is 6.29 Å². The summed E-state index contributed by atoms with van der Waals surface area (Å²) in [4.78, 5) is 0. The molecule has 8 heavy (non-hydrogen) atoms. The molecule has 0 fully saturated rings. The van der Waals surface area contributed by atoms with Crippen LogP contribution in [-0.2, 0) is 4.74 Å². The smallest absolute Gasteiger partial charge is 0.173 e. The molecule has 0 saturated heterocycles. The van der Waals surface area contributed by atoms with Crippen LogP contribution in [-0.4, -0.2) is 18.0 Å². The van der Waals surface area contributed by atoms with E-state index in [4.69, 9.17) is 9.84 Å². The second-order valence-corrected chi connectivity index (χ2v) is 1.50. The van der Waals surface area contributed by atoms with Gasteiger partial charge in [0.05, 0.1) is 0 Å². The summed E-state index contributed by atoms with van der Waals surface area (Å²) in [6, 6.07) is 0. The van der Waals surface area contributed by atoms with Gasteiger partial charge < -0.3 is 9.84 Å². The molecule has 0 rings (SSSR count). The normalized spacial score (nSPS) is 13.2. The van der Waals surface area contributed by atoms with E-state index in [1.807, 2.05) is 6.92 Å². The molecule has 2 nitrogen and oxygen atoms in total. The summed E-state index contributed by atoms with van der Waals surface area (Å²) in [7, 11) is 0. The van der Waals surface area contributed by atoms with Crippen LogP contribution in [0.3, 0.4) is 0 Å².